The van der Waals surface area contributed by atoms with E-state index in [9.17, 15) is 4.79 Å². The van der Waals surface area contributed by atoms with Crippen molar-refractivity contribution < 1.29 is 4.79 Å². The maximum Gasteiger partial charge on any atom is 0.279 e. The first-order valence-corrected chi connectivity index (χ1v) is 5.89. The Morgan fingerprint density at radius 2 is 1.67 bits per heavy atom. The first-order valence-electron chi connectivity index (χ1n) is 5.52. The highest BCUT2D eigenvalue weighted by Crippen LogP contribution is 2.21. The summed E-state index contributed by atoms with van der Waals surface area (Å²) in [6.07, 6.45) is 0. The van der Waals surface area contributed by atoms with E-state index in [1.54, 1.807) is 12.1 Å². The van der Waals surface area contributed by atoms with Crippen molar-refractivity contribution in [2.75, 3.05) is 5.01 Å². The Kier molecular flexibility index (Phi) is 3.79. The molecule has 0 bridgehead atoms. The normalized spacial score (nSPS) is 9.83. The van der Waals surface area contributed by atoms with Crippen LogP contribution in [0.3, 0.4) is 0 Å². The van der Waals surface area contributed by atoms with E-state index in [2.05, 4.69) is 4.47 Å². The van der Waals surface area contributed by atoms with Crippen LogP contribution in [0.5, 0.6) is 0 Å². The second kappa shape index (κ2) is 5.51. The van der Waals surface area contributed by atoms with Crippen molar-refractivity contribution in [3.05, 3.63) is 65.7 Å². The summed E-state index contributed by atoms with van der Waals surface area (Å²) in [6, 6.07) is 16.5. The fourth-order valence-corrected chi connectivity index (χ4v) is 1.86. The van der Waals surface area contributed by atoms with Crippen LogP contribution in [-0.2, 0) is 12.4 Å². The molecule has 4 heteroatoms. The number of para-hydroxylation sites is 1. The van der Waals surface area contributed by atoms with Crippen LogP contribution in [0.4, 0.5) is 5.69 Å². The van der Waals surface area contributed by atoms with Crippen LogP contribution in [0, 0.1) is 6.92 Å². The van der Waals surface area contributed by atoms with Gasteiger partial charge in [0.25, 0.3) is 5.91 Å². The number of carbonyl (C=O) groups is 1. The van der Waals surface area contributed by atoms with Crippen LogP contribution in [0.25, 0.3) is 0 Å². The number of carbonyl (C=O) groups excluding carboxylic acids is 1. The second-order valence-electron chi connectivity index (χ2n) is 3.85. The van der Waals surface area contributed by atoms with E-state index in [4.69, 9.17) is 12.4 Å². The molecule has 1 amide bonds. The molecule has 0 N–H and O–H groups in total. The van der Waals surface area contributed by atoms with E-state index in [1.165, 1.54) is 5.01 Å². The number of hydrogen-bond acceptors (Lipinski definition) is 3. The smallest absolute Gasteiger partial charge is 0.267 e. The largest absolute Gasteiger partial charge is 0.279 e. The van der Waals surface area contributed by atoms with Gasteiger partial charge in [-0.05, 0) is 30.7 Å². The molecule has 0 aliphatic carbocycles. The number of anilines is 1. The van der Waals surface area contributed by atoms with Gasteiger partial charge in [-0.3, -0.25) is 4.79 Å². The van der Waals surface area contributed by atoms with E-state index in [0.717, 1.165) is 5.56 Å². The van der Waals surface area contributed by atoms with E-state index >= 15 is 0 Å². The number of benzene rings is 2. The predicted octanol–water partition coefficient (Wildman–Crippen LogP) is 3.29. The molecule has 0 heterocycles. The lowest BCUT2D eigenvalue weighted by Gasteiger charge is -2.17. The Bertz CT molecular complexity index is 569. The van der Waals surface area contributed by atoms with Crippen LogP contribution in [0.2, 0.25) is 0 Å². The van der Waals surface area contributed by atoms with Gasteiger partial charge >= 0.3 is 0 Å². The molecule has 0 aromatic heterocycles. The van der Waals surface area contributed by atoms with Crippen molar-refractivity contribution in [3.63, 3.8) is 0 Å². The molecule has 0 aliphatic rings. The van der Waals surface area contributed by atoms with E-state index in [0.29, 0.717) is 11.3 Å². The number of amides is 1. The Balaban J connectivity index is 2.39. The average Bonchev–Trinajstić information content (AvgIpc) is 2.42. The van der Waals surface area contributed by atoms with Crippen LogP contribution in [0.15, 0.2) is 59.1 Å². The zero-order valence-corrected chi connectivity index (χ0v) is 10.7. The molecule has 0 radical (unpaired) electrons. The highest BCUT2D eigenvalue weighted by Gasteiger charge is 2.18. The summed E-state index contributed by atoms with van der Waals surface area (Å²) in [5, 5.41) is 1.25. The third-order valence-electron chi connectivity index (χ3n) is 2.64. The summed E-state index contributed by atoms with van der Waals surface area (Å²) in [6.45, 7) is 1.92. The van der Waals surface area contributed by atoms with Gasteiger partial charge in [-0.25, -0.2) is 0 Å². The molecule has 2 rings (SSSR count). The van der Waals surface area contributed by atoms with Gasteiger partial charge in [-0.15, -0.1) is 0 Å². The van der Waals surface area contributed by atoms with Gasteiger partial charge in [0, 0.05) is 5.56 Å². The molecule has 90 valence electrons. The summed E-state index contributed by atoms with van der Waals surface area (Å²) in [4.78, 5) is 12.3. The van der Waals surface area contributed by atoms with Gasteiger partial charge in [-0.2, -0.15) is 5.01 Å². The molecular weight excluding hydrogens is 244 g/mol. The highest BCUT2D eigenvalue weighted by molar-refractivity contribution is 7.47. The molecule has 0 aliphatic heterocycles. The number of nitrogens with zero attached hydrogens (tertiary/aromatic N) is 2. The summed E-state index contributed by atoms with van der Waals surface area (Å²) in [5.74, 6) is -0.222. The summed E-state index contributed by atoms with van der Waals surface area (Å²) < 4.78 is 3.66. The Morgan fingerprint density at radius 3 is 2.28 bits per heavy atom. The molecule has 0 saturated carbocycles. The molecule has 2 aromatic rings. The third kappa shape index (κ3) is 2.43. The standard InChI is InChI=1S/C14H12N2OS/c1-11-7-5-6-10-13(11)16(15-18)14(17)12-8-3-2-4-9-12/h2-10H,1H3. The van der Waals surface area contributed by atoms with E-state index < -0.39 is 0 Å². The Morgan fingerprint density at radius 1 is 1.06 bits per heavy atom. The quantitative estimate of drug-likeness (QED) is 0.789. The lowest BCUT2D eigenvalue weighted by Crippen LogP contribution is -2.25. The lowest BCUT2D eigenvalue weighted by atomic mass is 10.1. The summed E-state index contributed by atoms with van der Waals surface area (Å²) in [7, 11) is 0. The zero-order chi connectivity index (χ0) is 13.0. The minimum atomic E-state index is -0.222. The molecule has 2 aromatic carbocycles. The molecule has 0 saturated heterocycles. The van der Waals surface area contributed by atoms with Crippen molar-refractivity contribution in [3.8, 4) is 0 Å². The number of aryl methyl sites for hydroxylation is 1. The second-order valence-corrected chi connectivity index (χ2v) is 4.01. The molecular formula is C14H12N2OS. The van der Waals surface area contributed by atoms with E-state index in [1.807, 2.05) is 49.4 Å². The van der Waals surface area contributed by atoms with Crippen molar-refractivity contribution in [2.45, 2.75) is 6.92 Å². The van der Waals surface area contributed by atoms with Gasteiger partial charge in [0.1, 0.15) is 0 Å². The molecule has 0 unspecified atom stereocenters. The first kappa shape index (κ1) is 12.4. The van der Waals surface area contributed by atoms with Gasteiger partial charge < -0.3 is 0 Å². The molecule has 18 heavy (non-hydrogen) atoms. The Labute approximate surface area is 111 Å². The fourth-order valence-electron chi connectivity index (χ4n) is 1.69. The number of hydrogen-bond donors (Lipinski definition) is 0. The first-order chi connectivity index (χ1) is 8.74. The number of rotatable bonds is 3. The predicted molar refractivity (Wildman–Crippen MR) is 74.2 cm³/mol. The van der Waals surface area contributed by atoms with Crippen molar-refractivity contribution in [1.82, 2.24) is 0 Å². The molecule has 3 nitrogen and oxygen atoms in total. The topological polar surface area (TPSA) is 32.7 Å². The lowest BCUT2D eigenvalue weighted by molar-refractivity contribution is 0.0988. The third-order valence-corrected chi connectivity index (χ3v) is 2.80. The molecule has 0 fully saturated rings. The highest BCUT2D eigenvalue weighted by atomic mass is 32.1. The van der Waals surface area contributed by atoms with Crippen LogP contribution in [0.1, 0.15) is 15.9 Å². The SMILES string of the molecule is Cc1ccccc1N(N=S)C(=O)c1ccccc1. The van der Waals surface area contributed by atoms with Gasteiger partial charge in [0.15, 0.2) is 0 Å². The van der Waals surface area contributed by atoms with Gasteiger partial charge in [0.2, 0.25) is 0 Å². The van der Waals surface area contributed by atoms with Crippen LogP contribution >= 0.6 is 0 Å². The molecule has 0 atom stereocenters. The van der Waals surface area contributed by atoms with Crippen LogP contribution < -0.4 is 5.01 Å². The minimum Gasteiger partial charge on any atom is -0.267 e. The maximum atomic E-state index is 12.3. The minimum absolute atomic E-state index is 0.222. The van der Waals surface area contributed by atoms with Crippen molar-refractivity contribution in [2.24, 2.45) is 4.47 Å². The van der Waals surface area contributed by atoms with Crippen LogP contribution in [-0.4, -0.2) is 5.91 Å². The Hall–Kier alpha value is -2.07. The average molecular weight is 256 g/mol. The van der Waals surface area contributed by atoms with Gasteiger partial charge in [0.05, 0.1) is 18.1 Å². The summed E-state index contributed by atoms with van der Waals surface area (Å²) in [5.41, 5.74) is 2.23. The fraction of sp³-hybridized carbons (Fsp3) is 0.0714. The van der Waals surface area contributed by atoms with Crippen molar-refractivity contribution >= 4 is 24.0 Å². The monoisotopic (exact) mass is 256 g/mol. The summed E-state index contributed by atoms with van der Waals surface area (Å²) >= 11 is 4.72. The zero-order valence-electron chi connectivity index (χ0n) is 9.91. The maximum absolute atomic E-state index is 12.3. The van der Waals surface area contributed by atoms with Crippen molar-refractivity contribution in [1.29, 1.82) is 0 Å². The van der Waals surface area contributed by atoms with E-state index in [-0.39, 0.29) is 5.91 Å². The van der Waals surface area contributed by atoms with Gasteiger partial charge in [-0.1, -0.05) is 40.9 Å². The molecule has 0 spiro atoms.